The Hall–Kier alpha value is -0.810. The van der Waals surface area contributed by atoms with E-state index in [1.165, 1.54) is 4.90 Å². The number of nitrogens with zero attached hydrogens (tertiary/aromatic N) is 1. The van der Waals surface area contributed by atoms with E-state index in [2.05, 4.69) is 0 Å². The third-order valence-corrected chi connectivity index (χ3v) is 2.52. The van der Waals surface area contributed by atoms with Gasteiger partial charge in [-0.25, -0.2) is 4.79 Å². The lowest BCUT2D eigenvalue weighted by molar-refractivity contribution is 0.0163. The first kappa shape index (κ1) is 13.3. The Kier molecular flexibility index (Phi) is 4.15. The van der Waals surface area contributed by atoms with Gasteiger partial charge in [0.05, 0.1) is 12.6 Å². The van der Waals surface area contributed by atoms with Crippen molar-refractivity contribution in [3.8, 4) is 0 Å². The highest BCUT2D eigenvalue weighted by atomic mass is 16.6. The van der Waals surface area contributed by atoms with Gasteiger partial charge in [-0.05, 0) is 33.6 Å². The lowest BCUT2D eigenvalue weighted by Crippen LogP contribution is -2.44. The number of hydrogen-bond acceptors (Lipinski definition) is 4. The second kappa shape index (κ2) is 5.01. The molecule has 0 radical (unpaired) electrons. The van der Waals surface area contributed by atoms with Crippen molar-refractivity contribution in [1.29, 1.82) is 0 Å². The number of ether oxygens (including phenoxy) is 1. The summed E-state index contributed by atoms with van der Waals surface area (Å²) in [6, 6.07) is -0.243. The first-order chi connectivity index (χ1) is 7.29. The van der Waals surface area contributed by atoms with Crippen LogP contribution < -0.4 is 5.73 Å². The Labute approximate surface area is 96.6 Å². The standard InChI is InChI=1S/C11H22N2O3/c1-11(2,3)16-10(15)13-6-4-5-8(12)9(14)7-13/h8-9,14H,4-7,12H2,1-3H3/t8-,9?/m1/s1. The first-order valence-electron chi connectivity index (χ1n) is 5.71. The van der Waals surface area contributed by atoms with Crippen LogP contribution in [-0.4, -0.2) is 46.9 Å². The molecule has 2 atom stereocenters. The minimum atomic E-state index is -0.657. The van der Waals surface area contributed by atoms with Crippen LogP contribution in [0.1, 0.15) is 33.6 Å². The summed E-state index contributed by atoms with van der Waals surface area (Å²) >= 11 is 0. The van der Waals surface area contributed by atoms with Gasteiger partial charge in [0.25, 0.3) is 0 Å². The number of rotatable bonds is 0. The zero-order chi connectivity index (χ0) is 12.3. The van der Waals surface area contributed by atoms with E-state index in [4.69, 9.17) is 10.5 Å². The van der Waals surface area contributed by atoms with Crippen LogP contribution in [-0.2, 0) is 4.74 Å². The zero-order valence-corrected chi connectivity index (χ0v) is 10.3. The summed E-state index contributed by atoms with van der Waals surface area (Å²) in [4.78, 5) is 13.3. The van der Waals surface area contributed by atoms with Crippen LogP contribution in [0.5, 0.6) is 0 Å². The summed E-state index contributed by atoms with van der Waals surface area (Å²) in [5.74, 6) is 0. The van der Waals surface area contributed by atoms with E-state index in [0.717, 1.165) is 12.8 Å². The van der Waals surface area contributed by atoms with Crippen molar-refractivity contribution in [2.45, 2.75) is 51.4 Å². The molecule has 0 aromatic rings. The molecule has 1 unspecified atom stereocenters. The number of amides is 1. The molecule has 1 fully saturated rings. The third-order valence-electron chi connectivity index (χ3n) is 2.52. The van der Waals surface area contributed by atoms with Crippen molar-refractivity contribution in [3.05, 3.63) is 0 Å². The van der Waals surface area contributed by atoms with E-state index in [1.807, 2.05) is 20.8 Å². The lowest BCUT2D eigenvalue weighted by Gasteiger charge is -2.27. The second-order valence-electron chi connectivity index (χ2n) is 5.30. The molecule has 1 saturated heterocycles. The summed E-state index contributed by atoms with van der Waals surface area (Å²) in [6.45, 7) is 6.33. The van der Waals surface area contributed by atoms with E-state index in [-0.39, 0.29) is 18.7 Å². The van der Waals surface area contributed by atoms with Crippen LogP contribution in [0.25, 0.3) is 0 Å². The molecule has 0 aromatic heterocycles. The summed E-state index contributed by atoms with van der Waals surface area (Å²) in [7, 11) is 0. The van der Waals surface area contributed by atoms with Crippen LogP contribution in [0.15, 0.2) is 0 Å². The minimum Gasteiger partial charge on any atom is -0.444 e. The molecule has 5 heteroatoms. The average Bonchev–Trinajstić information content (AvgIpc) is 2.27. The Morgan fingerprint density at radius 1 is 1.50 bits per heavy atom. The maximum Gasteiger partial charge on any atom is 0.410 e. The van der Waals surface area contributed by atoms with Crippen molar-refractivity contribution in [2.24, 2.45) is 5.73 Å². The molecule has 1 aliphatic rings. The summed E-state index contributed by atoms with van der Waals surface area (Å²) in [5.41, 5.74) is 5.24. The number of nitrogens with two attached hydrogens (primary N) is 1. The fourth-order valence-electron chi connectivity index (χ4n) is 1.66. The Morgan fingerprint density at radius 3 is 2.69 bits per heavy atom. The van der Waals surface area contributed by atoms with Crippen molar-refractivity contribution in [1.82, 2.24) is 4.90 Å². The molecule has 0 saturated carbocycles. The molecule has 1 heterocycles. The number of aliphatic hydroxyl groups excluding tert-OH is 1. The molecule has 5 nitrogen and oxygen atoms in total. The van der Waals surface area contributed by atoms with E-state index in [0.29, 0.717) is 6.54 Å². The van der Waals surface area contributed by atoms with Gasteiger partial charge < -0.3 is 20.5 Å². The van der Waals surface area contributed by atoms with Gasteiger partial charge in [-0.3, -0.25) is 0 Å². The maximum absolute atomic E-state index is 11.8. The fourth-order valence-corrected chi connectivity index (χ4v) is 1.66. The van der Waals surface area contributed by atoms with Gasteiger partial charge in [0, 0.05) is 12.6 Å². The molecule has 3 N–H and O–H groups in total. The van der Waals surface area contributed by atoms with Crippen molar-refractivity contribution in [3.63, 3.8) is 0 Å². The van der Waals surface area contributed by atoms with Crippen LogP contribution in [0.4, 0.5) is 4.79 Å². The minimum absolute atomic E-state index is 0.243. The molecule has 0 spiro atoms. The second-order valence-corrected chi connectivity index (χ2v) is 5.30. The van der Waals surface area contributed by atoms with Crippen LogP contribution in [0.3, 0.4) is 0 Å². The molecular weight excluding hydrogens is 208 g/mol. The van der Waals surface area contributed by atoms with Gasteiger partial charge in [-0.2, -0.15) is 0 Å². The monoisotopic (exact) mass is 230 g/mol. The van der Waals surface area contributed by atoms with Crippen molar-refractivity contribution >= 4 is 6.09 Å². The maximum atomic E-state index is 11.8. The molecule has 16 heavy (non-hydrogen) atoms. The van der Waals surface area contributed by atoms with Crippen LogP contribution in [0, 0.1) is 0 Å². The topological polar surface area (TPSA) is 75.8 Å². The Balaban J connectivity index is 2.56. The molecular formula is C11H22N2O3. The number of β-amino-alcohol motifs (C(OH)–C–C–N with tert-alkyl or cyclic N) is 1. The van der Waals surface area contributed by atoms with Crippen molar-refractivity contribution < 1.29 is 14.6 Å². The molecule has 0 aromatic carbocycles. The number of carbonyl (C=O) groups is 1. The highest BCUT2D eigenvalue weighted by molar-refractivity contribution is 5.68. The predicted molar refractivity (Wildman–Crippen MR) is 61.0 cm³/mol. The molecule has 1 aliphatic heterocycles. The quantitative estimate of drug-likeness (QED) is 0.642. The third kappa shape index (κ3) is 3.98. The SMILES string of the molecule is CC(C)(C)OC(=O)N1CCC[C@@H](N)C(O)C1. The summed E-state index contributed by atoms with van der Waals surface area (Å²) in [6.07, 6.45) is 0.508. The molecule has 0 aliphatic carbocycles. The number of aliphatic hydroxyl groups is 1. The van der Waals surface area contributed by atoms with Crippen LogP contribution in [0.2, 0.25) is 0 Å². The highest BCUT2D eigenvalue weighted by Crippen LogP contribution is 2.14. The molecule has 94 valence electrons. The Bertz CT molecular complexity index is 250. The summed E-state index contributed by atoms with van der Waals surface area (Å²) < 4.78 is 5.25. The van der Waals surface area contributed by atoms with E-state index < -0.39 is 11.7 Å². The highest BCUT2D eigenvalue weighted by Gasteiger charge is 2.28. The van der Waals surface area contributed by atoms with E-state index in [9.17, 15) is 9.90 Å². The van der Waals surface area contributed by atoms with Crippen LogP contribution >= 0.6 is 0 Å². The smallest absolute Gasteiger partial charge is 0.410 e. The average molecular weight is 230 g/mol. The lowest BCUT2D eigenvalue weighted by atomic mass is 10.1. The van der Waals surface area contributed by atoms with Gasteiger partial charge in [0.1, 0.15) is 5.60 Å². The predicted octanol–water partition coefficient (Wildman–Crippen LogP) is 0.706. The normalized spacial score (nSPS) is 27.4. The van der Waals surface area contributed by atoms with Gasteiger partial charge in [0.2, 0.25) is 0 Å². The largest absolute Gasteiger partial charge is 0.444 e. The van der Waals surface area contributed by atoms with Gasteiger partial charge in [-0.15, -0.1) is 0 Å². The molecule has 1 rings (SSSR count). The van der Waals surface area contributed by atoms with Gasteiger partial charge in [-0.1, -0.05) is 0 Å². The van der Waals surface area contributed by atoms with Gasteiger partial charge >= 0.3 is 6.09 Å². The fraction of sp³-hybridized carbons (Fsp3) is 0.909. The molecule has 0 bridgehead atoms. The zero-order valence-electron chi connectivity index (χ0n) is 10.3. The van der Waals surface area contributed by atoms with Gasteiger partial charge in [0.15, 0.2) is 0 Å². The van der Waals surface area contributed by atoms with E-state index in [1.54, 1.807) is 0 Å². The Morgan fingerprint density at radius 2 is 2.12 bits per heavy atom. The first-order valence-corrected chi connectivity index (χ1v) is 5.71. The molecule has 1 amide bonds. The number of hydrogen-bond donors (Lipinski definition) is 2. The van der Waals surface area contributed by atoms with Crippen molar-refractivity contribution in [2.75, 3.05) is 13.1 Å². The number of carbonyl (C=O) groups excluding carboxylic acids is 1. The number of likely N-dealkylation sites (tertiary alicyclic amines) is 1. The van der Waals surface area contributed by atoms with E-state index >= 15 is 0 Å². The summed E-state index contributed by atoms with van der Waals surface area (Å²) in [5, 5.41) is 9.70.